The van der Waals surface area contributed by atoms with Gasteiger partial charge in [-0.15, -0.1) is 10.2 Å². The molecular weight excluding hydrogens is 446 g/mol. The normalized spacial score (nSPS) is 11.8. The van der Waals surface area contributed by atoms with Gasteiger partial charge in [0.05, 0.1) is 28.4 Å². The summed E-state index contributed by atoms with van der Waals surface area (Å²) in [4.78, 5) is 28.1. The number of hydrogen-bond donors (Lipinski definition) is 1. The first-order valence-electron chi connectivity index (χ1n) is 10.0. The Balaban J connectivity index is 1.58. The fourth-order valence-electron chi connectivity index (χ4n) is 3.05. The minimum absolute atomic E-state index is 0.0965. The molecule has 0 spiro atoms. The monoisotopic (exact) mass is 465 g/mol. The fraction of sp³-hybridized carbons (Fsp3) is 0.182. The van der Waals surface area contributed by atoms with Crippen LogP contribution in [0.3, 0.4) is 0 Å². The second-order valence-corrected chi connectivity index (χ2v) is 8.18. The Morgan fingerprint density at radius 3 is 2.42 bits per heavy atom. The molecule has 0 fully saturated rings. The number of anilines is 1. The molecule has 1 N–H and O–H groups in total. The molecule has 1 aromatic carbocycles. The Morgan fingerprint density at radius 1 is 1.12 bits per heavy atom. The number of carbonyl (C=O) groups excluding carboxylic acids is 1. The van der Waals surface area contributed by atoms with Gasteiger partial charge in [-0.2, -0.15) is 0 Å². The van der Waals surface area contributed by atoms with Crippen LogP contribution in [-0.4, -0.2) is 31.3 Å². The molecule has 3 aromatic heterocycles. The van der Waals surface area contributed by atoms with Crippen molar-refractivity contribution in [3.63, 3.8) is 0 Å². The number of hydrogen-bond acceptors (Lipinski definition) is 9. The van der Waals surface area contributed by atoms with Crippen molar-refractivity contribution in [2.24, 2.45) is 0 Å². The number of thioether (sulfide) groups is 1. The molecule has 1 unspecified atom stereocenters. The number of furan rings is 2. The molecule has 0 radical (unpaired) electrons. The number of carbonyl (C=O) groups is 1. The molecule has 11 heteroatoms. The van der Waals surface area contributed by atoms with E-state index in [9.17, 15) is 14.9 Å². The van der Waals surface area contributed by atoms with E-state index in [1.54, 1.807) is 37.3 Å². The van der Waals surface area contributed by atoms with Gasteiger partial charge in [-0.25, -0.2) is 4.98 Å². The zero-order chi connectivity index (χ0) is 23.4. The lowest BCUT2D eigenvalue weighted by Crippen LogP contribution is -2.25. The van der Waals surface area contributed by atoms with E-state index in [-0.39, 0.29) is 16.8 Å². The second-order valence-electron chi connectivity index (χ2n) is 7.01. The first-order chi connectivity index (χ1) is 16.0. The Hall–Kier alpha value is -3.99. The van der Waals surface area contributed by atoms with Gasteiger partial charge in [0.1, 0.15) is 5.69 Å². The van der Waals surface area contributed by atoms with Crippen LogP contribution in [0.2, 0.25) is 0 Å². The SMILES string of the molecule is CCC(Sc1nnc(-c2ccco2)c(-c2ccco2)n1)C(=O)Nc1cc([N+](=O)[O-])ccc1C. The molecule has 0 saturated heterocycles. The molecule has 10 nitrogen and oxygen atoms in total. The summed E-state index contributed by atoms with van der Waals surface area (Å²) in [6.45, 7) is 3.62. The number of benzene rings is 1. The largest absolute Gasteiger partial charge is 0.463 e. The molecule has 0 bridgehead atoms. The second kappa shape index (κ2) is 9.65. The average molecular weight is 465 g/mol. The first-order valence-corrected chi connectivity index (χ1v) is 10.9. The third kappa shape index (κ3) is 4.93. The van der Waals surface area contributed by atoms with Gasteiger partial charge in [0.15, 0.2) is 17.2 Å². The number of nitro groups is 1. The lowest BCUT2D eigenvalue weighted by molar-refractivity contribution is -0.384. The lowest BCUT2D eigenvalue weighted by atomic mass is 10.1. The van der Waals surface area contributed by atoms with Crippen LogP contribution in [0.5, 0.6) is 0 Å². The molecule has 3 heterocycles. The number of non-ortho nitro benzene ring substituents is 1. The molecular formula is C22H19N5O5S. The zero-order valence-electron chi connectivity index (χ0n) is 17.7. The summed E-state index contributed by atoms with van der Waals surface area (Å²) in [7, 11) is 0. The van der Waals surface area contributed by atoms with Crippen LogP contribution < -0.4 is 5.32 Å². The topological polar surface area (TPSA) is 137 Å². The van der Waals surface area contributed by atoms with Gasteiger partial charge in [-0.05, 0) is 43.2 Å². The Kier molecular flexibility index (Phi) is 6.50. The van der Waals surface area contributed by atoms with Crippen LogP contribution in [0.15, 0.2) is 69.0 Å². The molecule has 0 aliphatic heterocycles. The number of nitro benzene ring substituents is 1. The van der Waals surface area contributed by atoms with Gasteiger partial charge in [0.2, 0.25) is 11.1 Å². The third-order valence-corrected chi connectivity index (χ3v) is 5.99. The molecule has 1 amide bonds. The van der Waals surface area contributed by atoms with Crippen LogP contribution in [0.25, 0.3) is 22.9 Å². The third-order valence-electron chi connectivity index (χ3n) is 4.78. The molecule has 0 saturated carbocycles. The maximum absolute atomic E-state index is 12.9. The van der Waals surface area contributed by atoms with Crippen molar-refractivity contribution in [2.45, 2.75) is 30.7 Å². The fourth-order valence-corrected chi connectivity index (χ4v) is 3.87. The van der Waals surface area contributed by atoms with Crippen LogP contribution in [0.4, 0.5) is 11.4 Å². The predicted molar refractivity (Wildman–Crippen MR) is 122 cm³/mol. The summed E-state index contributed by atoms with van der Waals surface area (Å²) in [6.07, 6.45) is 3.53. The summed E-state index contributed by atoms with van der Waals surface area (Å²) in [5.74, 6) is 0.663. The van der Waals surface area contributed by atoms with E-state index in [1.807, 2.05) is 6.92 Å². The van der Waals surface area contributed by atoms with E-state index in [0.717, 1.165) is 17.3 Å². The highest BCUT2D eigenvalue weighted by molar-refractivity contribution is 8.00. The number of aryl methyl sites for hydroxylation is 1. The highest BCUT2D eigenvalue weighted by Crippen LogP contribution is 2.32. The van der Waals surface area contributed by atoms with Gasteiger partial charge in [0, 0.05) is 12.1 Å². The van der Waals surface area contributed by atoms with Crippen LogP contribution in [0, 0.1) is 17.0 Å². The van der Waals surface area contributed by atoms with Crippen molar-refractivity contribution >= 4 is 29.0 Å². The van der Waals surface area contributed by atoms with E-state index >= 15 is 0 Å². The van der Waals surface area contributed by atoms with Gasteiger partial charge in [-0.1, -0.05) is 24.8 Å². The van der Waals surface area contributed by atoms with E-state index < -0.39 is 10.2 Å². The highest BCUT2D eigenvalue weighted by Gasteiger charge is 2.24. The molecule has 4 aromatic rings. The molecule has 1 atom stereocenters. The predicted octanol–water partition coefficient (Wildman–Crippen LogP) is 5.12. The summed E-state index contributed by atoms with van der Waals surface area (Å²) in [5.41, 5.74) is 1.87. The number of amides is 1. The molecule has 168 valence electrons. The first kappa shape index (κ1) is 22.2. The van der Waals surface area contributed by atoms with Crippen LogP contribution in [-0.2, 0) is 4.79 Å². The lowest BCUT2D eigenvalue weighted by Gasteiger charge is -2.15. The minimum Gasteiger partial charge on any atom is -0.463 e. The van der Waals surface area contributed by atoms with Gasteiger partial charge < -0.3 is 14.2 Å². The maximum atomic E-state index is 12.9. The Labute approximate surface area is 192 Å². The summed E-state index contributed by atoms with van der Waals surface area (Å²) < 4.78 is 10.9. The van der Waals surface area contributed by atoms with Gasteiger partial charge in [-0.3, -0.25) is 14.9 Å². The Morgan fingerprint density at radius 2 is 1.82 bits per heavy atom. The van der Waals surface area contributed by atoms with Crippen LogP contribution in [0.1, 0.15) is 18.9 Å². The van der Waals surface area contributed by atoms with Crippen molar-refractivity contribution < 1.29 is 18.6 Å². The van der Waals surface area contributed by atoms with Gasteiger partial charge >= 0.3 is 0 Å². The smallest absolute Gasteiger partial charge is 0.271 e. The number of nitrogens with one attached hydrogen (secondary N) is 1. The van der Waals surface area contributed by atoms with Crippen molar-refractivity contribution in [1.82, 2.24) is 15.2 Å². The van der Waals surface area contributed by atoms with Crippen molar-refractivity contribution in [2.75, 3.05) is 5.32 Å². The zero-order valence-corrected chi connectivity index (χ0v) is 18.5. The number of aromatic nitrogens is 3. The maximum Gasteiger partial charge on any atom is 0.271 e. The Bertz CT molecular complexity index is 1270. The molecule has 4 rings (SSSR count). The van der Waals surface area contributed by atoms with Crippen molar-refractivity contribution in [1.29, 1.82) is 0 Å². The van der Waals surface area contributed by atoms with Gasteiger partial charge in [0.25, 0.3) is 5.69 Å². The minimum atomic E-state index is -0.552. The number of rotatable bonds is 8. The van der Waals surface area contributed by atoms with E-state index in [1.165, 1.54) is 24.7 Å². The molecule has 0 aliphatic rings. The highest BCUT2D eigenvalue weighted by atomic mass is 32.2. The van der Waals surface area contributed by atoms with E-state index in [2.05, 4.69) is 20.5 Å². The standard InChI is InChI=1S/C22H19N5O5S/c1-3-18(21(28)23-15-12-14(27(29)30)9-8-13(15)2)33-22-24-19(16-6-4-10-31-16)20(25-26-22)17-7-5-11-32-17/h4-12,18H,3H2,1-2H3,(H,23,28). The van der Waals surface area contributed by atoms with Crippen molar-refractivity contribution in [3.05, 3.63) is 70.7 Å². The summed E-state index contributed by atoms with van der Waals surface area (Å²) >= 11 is 1.15. The molecule has 0 aliphatic carbocycles. The molecule has 33 heavy (non-hydrogen) atoms. The van der Waals surface area contributed by atoms with Crippen LogP contribution >= 0.6 is 11.8 Å². The summed E-state index contributed by atoms with van der Waals surface area (Å²) in [5, 5.41) is 22.0. The summed E-state index contributed by atoms with van der Waals surface area (Å²) in [6, 6.07) is 11.3. The van der Waals surface area contributed by atoms with E-state index in [0.29, 0.717) is 35.0 Å². The van der Waals surface area contributed by atoms with E-state index in [4.69, 9.17) is 8.83 Å². The van der Waals surface area contributed by atoms with Crippen molar-refractivity contribution in [3.8, 4) is 22.9 Å². The average Bonchev–Trinajstić information content (AvgIpc) is 3.53. The number of nitrogens with zero attached hydrogens (tertiary/aromatic N) is 4. The quantitative estimate of drug-likeness (QED) is 0.213.